The molecule has 0 aliphatic carbocycles. The first-order valence-electron chi connectivity index (χ1n) is 6.07. The summed E-state index contributed by atoms with van der Waals surface area (Å²) < 4.78 is 2.22. The summed E-state index contributed by atoms with van der Waals surface area (Å²) in [6, 6.07) is 2.50. The monoisotopic (exact) mass is 249 g/mol. The molecule has 2 rings (SSSR count). The van der Waals surface area contributed by atoms with Crippen molar-refractivity contribution in [3.63, 3.8) is 0 Å². The van der Waals surface area contributed by atoms with Crippen LogP contribution in [-0.4, -0.2) is 15.6 Å². The largest absolute Gasteiger partial charge is 0.326 e. The first-order chi connectivity index (χ1) is 8.27. The maximum atomic E-state index is 6.28. The van der Waals surface area contributed by atoms with Crippen LogP contribution >= 0.6 is 11.3 Å². The van der Waals surface area contributed by atoms with Gasteiger partial charge in [0.2, 0.25) is 0 Å². The number of thiophene rings is 1. The zero-order valence-electron chi connectivity index (χ0n) is 10.3. The van der Waals surface area contributed by atoms with Crippen molar-refractivity contribution in [3.8, 4) is 0 Å². The molecule has 0 saturated heterocycles. The SMILES string of the molecule is CCc1nccn1C(c1ccsc1)C(N)CC. The molecule has 0 saturated carbocycles. The molecule has 0 aliphatic heterocycles. The van der Waals surface area contributed by atoms with Crippen molar-refractivity contribution in [2.75, 3.05) is 0 Å². The molecule has 2 atom stereocenters. The van der Waals surface area contributed by atoms with Crippen LogP contribution in [0.3, 0.4) is 0 Å². The lowest BCUT2D eigenvalue weighted by Crippen LogP contribution is -2.32. The highest BCUT2D eigenvalue weighted by atomic mass is 32.1. The summed E-state index contributed by atoms with van der Waals surface area (Å²) in [5, 5.41) is 4.28. The predicted octanol–water partition coefficient (Wildman–Crippen LogP) is 2.83. The maximum absolute atomic E-state index is 6.28. The van der Waals surface area contributed by atoms with Crippen LogP contribution in [0, 0.1) is 0 Å². The minimum absolute atomic E-state index is 0.129. The second-order valence-electron chi connectivity index (χ2n) is 4.18. The molecular weight excluding hydrogens is 230 g/mol. The Balaban J connectivity index is 2.40. The molecular formula is C13H19N3S. The van der Waals surface area contributed by atoms with Gasteiger partial charge in [0.25, 0.3) is 0 Å². The van der Waals surface area contributed by atoms with E-state index in [1.165, 1.54) is 5.56 Å². The van der Waals surface area contributed by atoms with Gasteiger partial charge in [-0.25, -0.2) is 4.98 Å². The molecule has 0 spiro atoms. The van der Waals surface area contributed by atoms with Crippen molar-refractivity contribution < 1.29 is 0 Å². The van der Waals surface area contributed by atoms with E-state index in [4.69, 9.17) is 5.73 Å². The highest BCUT2D eigenvalue weighted by Crippen LogP contribution is 2.26. The fraction of sp³-hybridized carbons (Fsp3) is 0.462. The van der Waals surface area contributed by atoms with Gasteiger partial charge in [0, 0.05) is 24.9 Å². The highest BCUT2D eigenvalue weighted by Gasteiger charge is 2.22. The number of nitrogens with two attached hydrogens (primary N) is 1. The number of hydrogen-bond acceptors (Lipinski definition) is 3. The third kappa shape index (κ3) is 2.42. The van der Waals surface area contributed by atoms with Crippen LogP contribution in [0.4, 0.5) is 0 Å². The molecule has 2 unspecified atom stereocenters. The van der Waals surface area contributed by atoms with Crippen molar-refractivity contribution in [1.82, 2.24) is 9.55 Å². The van der Waals surface area contributed by atoms with Crippen molar-refractivity contribution in [1.29, 1.82) is 0 Å². The lowest BCUT2D eigenvalue weighted by Gasteiger charge is -2.25. The zero-order valence-corrected chi connectivity index (χ0v) is 11.2. The molecule has 3 nitrogen and oxygen atoms in total. The van der Waals surface area contributed by atoms with Gasteiger partial charge in [-0.3, -0.25) is 0 Å². The Morgan fingerprint density at radius 1 is 1.47 bits per heavy atom. The number of hydrogen-bond donors (Lipinski definition) is 1. The molecule has 0 fully saturated rings. The van der Waals surface area contributed by atoms with Crippen LogP contribution in [-0.2, 0) is 6.42 Å². The van der Waals surface area contributed by atoms with Crippen molar-refractivity contribution in [2.45, 2.75) is 38.8 Å². The molecule has 92 valence electrons. The van der Waals surface area contributed by atoms with Crippen LogP contribution in [0.5, 0.6) is 0 Å². The molecule has 2 aromatic rings. The first kappa shape index (κ1) is 12.3. The van der Waals surface area contributed by atoms with Gasteiger partial charge >= 0.3 is 0 Å². The van der Waals surface area contributed by atoms with Crippen LogP contribution in [0.2, 0.25) is 0 Å². The Bertz CT molecular complexity index is 447. The Hall–Kier alpha value is -1.13. The van der Waals surface area contributed by atoms with E-state index in [2.05, 4.69) is 40.2 Å². The van der Waals surface area contributed by atoms with Gasteiger partial charge in [0.15, 0.2) is 0 Å². The number of nitrogens with zero attached hydrogens (tertiary/aromatic N) is 2. The summed E-state index contributed by atoms with van der Waals surface area (Å²) in [4.78, 5) is 4.39. The molecule has 2 aromatic heterocycles. The normalized spacial score (nSPS) is 14.8. The molecule has 2 N–H and O–H groups in total. The van der Waals surface area contributed by atoms with Crippen LogP contribution < -0.4 is 5.73 Å². The van der Waals surface area contributed by atoms with E-state index in [1.807, 2.05) is 12.4 Å². The second-order valence-corrected chi connectivity index (χ2v) is 4.96. The van der Waals surface area contributed by atoms with Gasteiger partial charge in [0.05, 0.1) is 6.04 Å². The topological polar surface area (TPSA) is 43.8 Å². The van der Waals surface area contributed by atoms with Crippen molar-refractivity contribution >= 4 is 11.3 Å². The molecule has 2 heterocycles. The number of imidazole rings is 1. The second kappa shape index (κ2) is 5.47. The predicted molar refractivity (Wildman–Crippen MR) is 72.3 cm³/mol. The molecule has 17 heavy (non-hydrogen) atoms. The fourth-order valence-electron chi connectivity index (χ4n) is 2.15. The number of aryl methyl sites for hydroxylation is 1. The Morgan fingerprint density at radius 3 is 2.88 bits per heavy atom. The third-order valence-corrected chi connectivity index (χ3v) is 3.83. The Labute approximate surface area is 106 Å². The molecule has 0 amide bonds. The summed E-state index contributed by atoms with van der Waals surface area (Å²) in [6.45, 7) is 4.26. The molecule has 0 radical (unpaired) electrons. The standard InChI is InChI=1S/C13H19N3S/c1-3-11(14)13(10-5-8-17-9-10)16-7-6-15-12(16)4-2/h5-9,11,13H,3-4,14H2,1-2H3. The van der Waals surface area contributed by atoms with Crippen molar-refractivity contribution in [2.24, 2.45) is 5.73 Å². The summed E-state index contributed by atoms with van der Waals surface area (Å²) >= 11 is 1.72. The zero-order chi connectivity index (χ0) is 12.3. The Kier molecular flexibility index (Phi) is 3.97. The first-order valence-corrected chi connectivity index (χ1v) is 7.01. The lowest BCUT2D eigenvalue weighted by atomic mass is 10.0. The van der Waals surface area contributed by atoms with Crippen LogP contribution in [0.25, 0.3) is 0 Å². The van der Waals surface area contributed by atoms with Gasteiger partial charge < -0.3 is 10.3 Å². The quantitative estimate of drug-likeness (QED) is 0.885. The molecule has 0 aromatic carbocycles. The maximum Gasteiger partial charge on any atom is 0.108 e. The molecule has 0 aliphatic rings. The number of rotatable bonds is 5. The van der Waals surface area contributed by atoms with E-state index in [0.717, 1.165) is 18.7 Å². The van der Waals surface area contributed by atoms with Crippen LogP contribution in [0.15, 0.2) is 29.2 Å². The average Bonchev–Trinajstić information content (AvgIpc) is 3.00. The average molecular weight is 249 g/mol. The fourth-order valence-corrected chi connectivity index (χ4v) is 2.84. The van der Waals surface area contributed by atoms with Gasteiger partial charge in [0.1, 0.15) is 5.82 Å². The summed E-state index contributed by atoms with van der Waals surface area (Å²) in [6.07, 6.45) is 5.79. The number of aromatic nitrogens is 2. The minimum atomic E-state index is 0.129. The summed E-state index contributed by atoms with van der Waals surface area (Å²) in [5.41, 5.74) is 7.57. The van der Waals surface area contributed by atoms with Crippen LogP contribution in [0.1, 0.15) is 37.7 Å². The van der Waals surface area contributed by atoms with E-state index >= 15 is 0 Å². The van der Waals surface area contributed by atoms with E-state index in [-0.39, 0.29) is 12.1 Å². The van der Waals surface area contributed by atoms with Gasteiger partial charge in [-0.1, -0.05) is 13.8 Å². The highest BCUT2D eigenvalue weighted by molar-refractivity contribution is 7.07. The van der Waals surface area contributed by atoms with Gasteiger partial charge in [-0.2, -0.15) is 11.3 Å². The molecule has 0 bridgehead atoms. The van der Waals surface area contributed by atoms with E-state index in [9.17, 15) is 0 Å². The third-order valence-electron chi connectivity index (χ3n) is 3.13. The molecule has 4 heteroatoms. The summed E-state index contributed by atoms with van der Waals surface area (Å²) in [5.74, 6) is 1.10. The Morgan fingerprint density at radius 2 is 2.29 bits per heavy atom. The summed E-state index contributed by atoms with van der Waals surface area (Å²) in [7, 11) is 0. The van der Waals surface area contributed by atoms with Gasteiger partial charge in [-0.05, 0) is 28.8 Å². The van der Waals surface area contributed by atoms with Gasteiger partial charge in [-0.15, -0.1) is 0 Å². The van der Waals surface area contributed by atoms with E-state index in [1.54, 1.807) is 11.3 Å². The minimum Gasteiger partial charge on any atom is -0.326 e. The van der Waals surface area contributed by atoms with E-state index in [0.29, 0.717) is 0 Å². The smallest absolute Gasteiger partial charge is 0.108 e. The van der Waals surface area contributed by atoms with Crippen molar-refractivity contribution in [3.05, 3.63) is 40.6 Å². The lowest BCUT2D eigenvalue weighted by molar-refractivity contribution is 0.448. The van der Waals surface area contributed by atoms with E-state index < -0.39 is 0 Å².